The van der Waals surface area contributed by atoms with Gasteiger partial charge in [0.05, 0.1) is 0 Å². The van der Waals surface area contributed by atoms with E-state index in [-0.39, 0.29) is 18.3 Å². The third-order valence-electron chi connectivity index (χ3n) is 1.22. The van der Waals surface area contributed by atoms with Crippen LogP contribution in [-0.2, 0) is 4.79 Å². The molecule has 4 nitrogen and oxygen atoms in total. The first-order valence-corrected chi connectivity index (χ1v) is 2.66. The molecule has 10 heavy (non-hydrogen) atoms. The molecule has 1 rings (SSSR count). The van der Waals surface area contributed by atoms with Crippen molar-refractivity contribution in [3.05, 3.63) is 0 Å². The molecule has 1 fully saturated rings. The molecule has 1 heterocycles. The molecule has 1 saturated heterocycles. The van der Waals surface area contributed by atoms with E-state index in [1.807, 2.05) is 0 Å². The Kier molecular flexibility index (Phi) is 2.27. The maximum Gasteiger partial charge on any atom is 0.322 e. The van der Waals surface area contributed by atoms with E-state index < -0.39 is 11.6 Å². The topological polar surface area (TPSA) is 58.2 Å². The highest BCUT2D eigenvalue weighted by Crippen LogP contribution is 2.05. The van der Waals surface area contributed by atoms with Gasteiger partial charge in [-0.2, -0.15) is 0 Å². The summed E-state index contributed by atoms with van der Waals surface area (Å²) in [5.74, 6) is -0.271. The fraction of sp³-hybridized carbons (Fsp3) is 0.600. The minimum atomic E-state index is -0.725. The lowest BCUT2D eigenvalue weighted by Gasteiger charge is -2.11. The SMILES string of the molecule is CC1(C)NC(=O)NC1=O.Cl. The van der Waals surface area contributed by atoms with Crippen molar-refractivity contribution in [2.24, 2.45) is 0 Å². The predicted octanol–water partition coefficient (Wildman–Crippen LogP) is 0.0262. The van der Waals surface area contributed by atoms with Gasteiger partial charge in [-0.15, -0.1) is 12.4 Å². The summed E-state index contributed by atoms with van der Waals surface area (Å²) >= 11 is 0. The molecular weight excluding hydrogens is 156 g/mol. The molecule has 0 saturated carbocycles. The lowest BCUT2D eigenvalue weighted by molar-refractivity contribution is -0.122. The standard InChI is InChI=1S/C5H8N2O2.ClH/c1-5(2)3(8)6-4(9)7-5;/h1-2H3,(H2,6,7,8,9);1H. The molecule has 0 spiro atoms. The van der Waals surface area contributed by atoms with Gasteiger partial charge in [0.15, 0.2) is 0 Å². The van der Waals surface area contributed by atoms with Crippen LogP contribution in [0.4, 0.5) is 4.79 Å². The Morgan fingerprint density at radius 2 is 1.80 bits per heavy atom. The minimum absolute atomic E-state index is 0. The molecule has 5 heteroatoms. The second kappa shape index (κ2) is 2.46. The largest absolute Gasteiger partial charge is 0.324 e. The van der Waals surface area contributed by atoms with Crippen LogP contribution in [0.5, 0.6) is 0 Å². The zero-order valence-electron chi connectivity index (χ0n) is 5.72. The van der Waals surface area contributed by atoms with Gasteiger partial charge in [0.25, 0.3) is 5.91 Å². The molecule has 58 valence electrons. The van der Waals surface area contributed by atoms with E-state index in [1.165, 1.54) is 0 Å². The van der Waals surface area contributed by atoms with E-state index in [0.29, 0.717) is 0 Å². The number of carbonyl (C=O) groups excluding carboxylic acids is 2. The van der Waals surface area contributed by atoms with Crippen LogP contribution < -0.4 is 10.6 Å². The van der Waals surface area contributed by atoms with Gasteiger partial charge < -0.3 is 5.32 Å². The van der Waals surface area contributed by atoms with Crippen molar-refractivity contribution in [3.8, 4) is 0 Å². The number of halogens is 1. The normalized spacial score (nSPS) is 21.0. The summed E-state index contributed by atoms with van der Waals surface area (Å²) in [5.41, 5.74) is -0.725. The van der Waals surface area contributed by atoms with Crippen LogP contribution in [0.1, 0.15) is 13.8 Å². The molecule has 1 aliphatic rings. The Bertz CT molecular complexity index is 178. The third kappa shape index (κ3) is 1.39. The van der Waals surface area contributed by atoms with Gasteiger partial charge in [-0.05, 0) is 13.8 Å². The first-order valence-electron chi connectivity index (χ1n) is 2.66. The van der Waals surface area contributed by atoms with Gasteiger partial charge >= 0.3 is 6.03 Å². The molecular formula is C5H9ClN2O2. The molecule has 0 radical (unpaired) electrons. The van der Waals surface area contributed by atoms with E-state index in [1.54, 1.807) is 13.8 Å². The summed E-state index contributed by atoms with van der Waals surface area (Å²) in [7, 11) is 0. The number of imide groups is 1. The Hall–Kier alpha value is -0.770. The summed E-state index contributed by atoms with van der Waals surface area (Å²) in [6, 6.07) is -0.412. The van der Waals surface area contributed by atoms with Crippen LogP contribution in [0.3, 0.4) is 0 Å². The predicted molar refractivity (Wildman–Crippen MR) is 38.0 cm³/mol. The molecule has 0 aliphatic carbocycles. The molecule has 0 aromatic carbocycles. The number of urea groups is 1. The Balaban J connectivity index is 0.000000810. The monoisotopic (exact) mass is 164 g/mol. The number of carbonyl (C=O) groups is 2. The Morgan fingerprint density at radius 1 is 1.30 bits per heavy atom. The first kappa shape index (κ1) is 9.23. The van der Waals surface area contributed by atoms with Crippen LogP contribution in [-0.4, -0.2) is 17.5 Å². The van der Waals surface area contributed by atoms with Gasteiger partial charge in [0, 0.05) is 0 Å². The van der Waals surface area contributed by atoms with Gasteiger partial charge in [0.2, 0.25) is 0 Å². The van der Waals surface area contributed by atoms with Gasteiger partial charge in [-0.25, -0.2) is 4.79 Å². The fourth-order valence-corrected chi connectivity index (χ4v) is 0.631. The molecule has 0 aromatic heterocycles. The highest BCUT2D eigenvalue weighted by Gasteiger charge is 2.36. The number of hydrogen-bond donors (Lipinski definition) is 2. The lowest BCUT2D eigenvalue weighted by atomic mass is 10.1. The maximum atomic E-state index is 10.7. The Morgan fingerprint density at radius 3 is 1.90 bits per heavy atom. The molecule has 0 aromatic rings. The smallest absolute Gasteiger partial charge is 0.322 e. The zero-order valence-corrected chi connectivity index (χ0v) is 6.54. The molecule has 3 amide bonds. The molecule has 2 N–H and O–H groups in total. The third-order valence-corrected chi connectivity index (χ3v) is 1.22. The van der Waals surface area contributed by atoms with Crippen LogP contribution in [0.25, 0.3) is 0 Å². The average Bonchev–Trinajstić information content (AvgIpc) is 1.79. The first-order chi connectivity index (χ1) is 4.02. The second-order valence-electron chi connectivity index (χ2n) is 2.53. The van der Waals surface area contributed by atoms with Crippen LogP contribution in [0, 0.1) is 0 Å². The number of amides is 3. The molecule has 0 bridgehead atoms. The van der Waals surface area contributed by atoms with Crippen molar-refractivity contribution in [2.45, 2.75) is 19.4 Å². The van der Waals surface area contributed by atoms with E-state index in [0.717, 1.165) is 0 Å². The molecule has 1 aliphatic heterocycles. The summed E-state index contributed by atoms with van der Waals surface area (Å²) in [6.07, 6.45) is 0. The number of rotatable bonds is 0. The van der Waals surface area contributed by atoms with Gasteiger partial charge in [0.1, 0.15) is 5.54 Å². The van der Waals surface area contributed by atoms with E-state index in [9.17, 15) is 9.59 Å². The van der Waals surface area contributed by atoms with Crippen molar-refractivity contribution in [1.29, 1.82) is 0 Å². The highest BCUT2D eigenvalue weighted by atomic mass is 35.5. The summed E-state index contributed by atoms with van der Waals surface area (Å²) in [5, 5.41) is 4.56. The van der Waals surface area contributed by atoms with Crippen molar-refractivity contribution in [3.63, 3.8) is 0 Å². The van der Waals surface area contributed by atoms with Crippen molar-refractivity contribution < 1.29 is 9.59 Å². The van der Waals surface area contributed by atoms with Crippen LogP contribution in [0.15, 0.2) is 0 Å². The summed E-state index contributed by atoms with van der Waals surface area (Å²) in [4.78, 5) is 21.1. The average molecular weight is 165 g/mol. The quantitative estimate of drug-likeness (QED) is 0.496. The lowest BCUT2D eigenvalue weighted by Crippen LogP contribution is -2.39. The maximum absolute atomic E-state index is 10.7. The van der Waals surface area contributed by atoms with Gasteiger partial charge in [-0.1, -0.05) is 0 Å². The van der Waals surface area contributed by atoms with Crippen molar-refractivity contribution >= 4 is 24.3 Å². The molecule has 0 atom stereocenters. The summed E-state index contributed by atoms with van der Waals surface area (Å²) in [6.45, 7) is 3.29. The van der Waals surface area contributed by atoms with Gasteiger partial charge in [-0.3, -0.25) is 10.1 Å². The second-order valence-corrected chi connectivity index (χ2v) is 2.53. The van der Waals surface area contributed by atoms with Crippen molar-refractivity contribution in [2.75, 3.05) is 0 Å². The van der Waals surface area contributed by atoms with E-state index in [4.69, 9.17) is 0 Å². The van der Waals surface area contributed by atoms with E-state index >= 15 is 0 Å². The number of hydrogen-bond acceptors (Lipinski definition) is 2. The zero-order chi connectivity index (χ0) is 7.07. The molecule has 0 unspecified atom stereocenters. The van der Waals surface area contributed by atoms with Crippen molar-refractivity contribution in [1.82, 2.24) is 10.6 Å². The van der Waals surface area contributed by atoms with Crippen LogP contribution in [0.2, 0.25) is 0 Å². The van der Waals surface area contributed by atoms with Crippen LogP contribution >= 0.6 is 12.4 Å². The fourth-order valence-electron chi connectivity index (χ4n) is 0.631. The summed E-state index contributed by atoms with van der Waals surface area (Å²) < 4.78 is 0. The Labute approximate surface area is 64.8 Å². The number of nitrogens with one attached hydrogen (secondary N) is 2. The minimum Gasteiger partial charge on any atom is -0.324 e. The van der Waals surface area contributed by atoms with E-state index in [2.05, 4.69) is 10.6 Å². The highest BCUT2D eigenvalue weighted by molar-refractivity contribution is 6.06.